The molecule has 0 rings (SSSR count). The Morgan fingerprint density at radius 3 is 1.48 bits per heavy atom. The lowest BCUT2D eigenvalue weighted by Crippen LogP contribution is -2.38. The molecule has 9 heteroatoms. The van der Waals surface area contributed by atoms with Crippen LogP contribution in [0.3, 0.4) is 0 Å². The summed E-state index contributed by atoms with van der Waals surface area (Å²) in [6.07, 6.45) is 3.87. The number of nitrogens with zero attached hydrogens (tertiary/aromatic N) is 2. The lowest BCUT2D eigenvalue weighted by Gasteiger charge is -2.20. The number of aliphatic hydroxyl groups is 1. The van der Waals surface area contributed by atoms with Gasteiger partial charge in [0.1, 0.15) is 12.1 Å². The number of aliphatic carboxylic acids is 1. The third kappa shape index (κ3) is 14.8. The summed E-state index contributed by atoms with van der Waals surface area (Å²) in [6, 6.07) is -0.468. The molecule has 2 N–H and O–H groups in total. The number of esters is 1. The first-order valence-corrected chi connectivity index (χ1v) is 9.57. The molecule has 0 amide bonds. The van der Waals surface area contributed by atoms with E-state index in [1.807, 2.05) is 31.5 Å². The molecule has 0 heterocycles. The van der Waals surface area contributed by atoms with E-state index in [0.29, 0.717) is 5.75 Å². The van der Waals surface area contributed by atoms with Crippen molar-refractivity contribution in [1.29, 1.82) is 0 Å². The van der Waals surface area contributed by atoms with Gasteiger partial charge in [-0.1, -0.05) is 0 Å². The third-order valence-corrected chi connectivity index (χ3v) is 3.95. The van der Waals surface area contributed by atoms with Gasteiger partial charge in [0.05, 0.1) is 7.11 Å². The molecule has 0 saturated heterocycles. The zero-order valence-corrected chi connectivity index (χ0v) is 17.0. The normalized spacial score (nSPS) is 12.5. The molecular formula is C14H32N2O5S2. The second-order valence-corrected chi connectivity index (χ2v) is 6.55. The number of thioether (sulfide) groups is 2. The van der Waals surface area contributed by atoms with Crippen LogP contribution in [-0.2, 0) is 14.3 Å². The van der Waals surface area contributed by atoms with E-state index in [1.165, 1.54) is 7.11 Å². The van der Waals surface area contributed by atoms with Gasteiger partial charge in [0.25, 0.3) is 0 Å². The number of hydrogen-bond acceptors (Lipinski definition) is 8. The Hall–Kier alpha value is -0.480. The number of carbonyl (C=O) groups is 2. The van der Waals surface area contributed by atoms with Gasteiger partial charge in [-0.15, -0.1) is 0 Å². The Morgan fingerprint density at radius 1 is 0.957 bits per heavy atom. The van der Waals surface area contributed by atoms with Gasteiger partial charge >= 0.3 is 11.9 Å². The van der Waals surface area contributed by atoms with Crippen molar-refractivity contribution in [2.24, 2.45) is 0 Å². The van der Waals surface area contributed by atoms with Gasteiger partial charge in [-0.25, -0.2) is 0 Å². The number of likely N-dealkylation sites (N-methyl/N-ethyl adjacent to an activating group) is 2. The van der Waals surface area contributed by atoms with Gasteiger partial charge in [-0.05, 0) is 40.7 Å². The summed E-state index contributed by atoms with van der Waals surface area (Å²) in [6.45, 7) is 0. The highest BCUT2D eigenvalue weighted by Crippen LogP contribution is 2.04. The van der Waals surface area contributed by atoms with Gasteiger partial charge in [0.15, 0.2) is 0 Å². The lowest BCUT2D eigenvalue weighted by molar-refractivity contribution is -0.145. The fraction of sp³-hybridized carbons (Fsp3) is 0.857. The average Bonchev–Trinajstić information content (AvgIpc) is 2.51. The van der Waals surface area contributed by atoms with Crippen molar-refractivity contribution in [3.63, 3.8) is 0 Å². The molecule has 140 valence electrons. The van der Waals surface area contributed by atoms with Gasteiger partial charge < -0.3 is 14.9 Å². The fourth-order valence-corrected chi connectivity index (χ4v) is 2.83. The minimum absolute atomic E-state index is 0.116. The van der Waals surface area contributed by atoms with Crippen molar-refractivity contribution in [1.82, 2.24) is 9.80 Å². The first-order valence-electron chi connectivity index (χ1n) is 6.78. The molecule has 0 fully saturated rings. The molecule has 0 bridgehead atoms. The molecule has 2 unspecified atom stereocenters. The summed E-state index contributed by atoms with van der Waals surface area (Å²) in [5.41, 5.74) is 0. The Kier molecular flexibility index (Phi) is 21.3. The molecule has 2 atom stereocenters. The average molecular weight is 373 g/mol. The van der Waals surface area contributed by atoms with Crippen LogP contribution in [0.5, 0.6) is 0 Å². The van der Waals surface area contributed by atoms with E-state index in [2.05, 4.69) is 4.74 Å². The van der Waals surface area contributed by atoms with E-state index >= 15 is 0 Å². The predicted octanol–water partition coefficient (Wildman–Crippen LogP) is 0.425. The molecule has 0 aliphatic heterocycles. The second kappa shape index (κ2) is 17.9. The predicted molar refractivity (Wildman–Crippen MR) is 99.5 cm³/mol. The number of hydrogen-bond donors (Lipinski definition) is 2. The highest BCUT2D eigenvalue weighted by atomic mass is 32.2. The van der Waals surface area contributed by atoms with E-state index in [-0.39, 0.29) is 18.1 Å². The lowest BCUT2D eigenvalue weighted by atomic mass is 10.3. The van der Waals surface area contributed by atoms with Crippen molar-refractivity contribution in [2.75, 3.05) is 66.4 Å². The van der Waals surface area contributed by atoms with Gasteiger partial charge in [0, 0.05) is 18.6 Å². The summed E-state index contributed by atoms with van der Waals surface area (Å²) < 4.78 is 4.63. The number of carboxylic acid groups (broad SMARTS) is 1. The van der Waals surface area contributed by atoms with E-state index in [9.17, 15) is 9.59 Å². The molecule has 0 aromatic heterocycles. The summed E-state index contributed by atoms with van der Waals surface area (Å²) in [5, 5.41) is 15.6. The van der Waals surface area contributed by atoms with Crippen LogP contribution in [0, 0.1) is 0 Å². The minimum atomic E-state index is -0.751. The monoisotopic (exact) mass is 372 g/mol. The molecule has 23 heavy (non-hydrogen) atoms. The Morgan fingerprint density at radius 2 is 1.30 bits per heavy atom. The Labute approximate surface area is 148 Å². The number of methoxy groups -OCH3 is 1. The number of carboxylic acids is 1. The van der Waals surface area contributed by atoms with Gasteiger partial charge in [0.2, 0.25) is 0 Å². The van der Waals surface area contributed by atoms with Gasteiger partial charge in [-0.3, -0.25) is 19.4 Å². The summed E-state index contributed by atoms with van der Waals surface area (Å²) in [4.78, 5) is 25.1. The van der Waals surface area contributed by atoms with Crippen molar-refractivity contribution in [2.45, 2.75) is 12.1 Å². The van der Waals surface area contributed by atoms with E-state index in [1.54, 1.807) is 42.5 Å². The molecule has 7 nitrogen and oxygen atoms in total. The first-order chi connectivity index (χ1) is 10.7. The minimum Gasteiger partial charge on any atom is -0.480 e. The maximum Gasteiger partial charge on any atom is 0.323 e. The molecule has 0 spiro atoms. The highest BCUT2D eigenvalue weighted by Gasteiger charge is 2.20. The fourth-order valence-electron chi connectivity index (χ4n) is 1.32. The van der Waals surface area contributed by atoms with E-state index in [0.717, 1.165) is 12.9 Å². The molecule has 0 saturated carbocycles. The molecule has 0 aromatic carbocycles. The molecule has 0 radical (unpaired) electrons. The summed E-state index contributed by atoms with van der Waals surface area (Å²) in [5.74, 6) is 0.505. The van der Waals surface area contributed by atoms with Crippen LogP contribution in [0.15, 0.2) is 0 Å². The topological polar surface area (TPSA) is 90.3 Å². The Bertz CT molecular complexity index is 305. The van der Waals surface area contributed by atoms with Crippen LogP contribution < -0.4 is 0 Å². The van der Waals surface area contributed by atoms with Crippen LogP contribution >= 0.6 is 23.5 Å². The van der Waals surface area contributed by atoms with Crippen LogP contribution in [0.2, 0.25) is 0 Å². The highest BCUT2D eigenvalue weighted by molar-refractivity contribution is 7.98. The Balaban J connectivity index is -0.000000315. The van der Waals surface area contributed by atoms with Crippen LogP contribution in [0.4, 0.5) is 0 Å². The van der Waals surface area contributed by atoms with E-state index in [4.69, 9.17) is 10.2 Å². The molecular weight excluding hydrogens is 340 g/mol. The number of rotatable bonds is 8. The van der Waals surface area contributed by atoms with Crippen molar-refractivity contribution < 1.29 is 24.5 Å². The van der Waals surface area contributed by atoms with Crippen LogP contribution in [0.25, 0.3) is 0 Å². The van der Waals surface area contributed by atoms with Gasteiger partial charge in [-0.2, -0.15) is 23.5 Å². The second-order valence-electron chi connectivity index (χ2n) is 4.73. The largest absolute Gasteiger partial charge is 0.480 e. The maximum absolute atomic E-state index is 11.1. The zero-order chi connectivity index (χ0) is 19.0. The quantitative estimate of drug-likeness (QED) is 0.588. The van der Waals surface area contributed by atoms with Crippen LogP contribution in [-0.4, -0.2) is 110 Å². The first kappa shape index (κ1) is 27.4. The molecule has 0 aromatic rings. The van der Waals surface area contributed by atoms with Crippen LogP contribution in [0.1, 0.15) is 0 Å². The van der Waals surface area contributed by atoms with Crippen molar-refractivity contribution in [3.05, 3.63) is 0 Å². The number of aliphatic hydroxyl groups excluding tert-OH is 1. The summed E-state index contributed by atoms with van der Waals surface area (Å²) in [7, 11) is 9.71. The van der Waals surface area contributed by atoms with Crippen molar-refractivity contribution in [3.8, 4) is 0 Å². The van der Waals surface area contributed by atoms with E-state index < -0.39 is 5.97 Å². The maximum atomic E-state index is 11.1. The zero-order valence-electron chi connectivity index (χ0n) is 15.4. The number of ether oxygens (including phenoxy) is 1. The molecule has 0 aliphatic rings. The SMILES string of the molecule is CO.COC(=O)C(CSC)N(C)C.CSCC(C(=O)O)N(C)C. The van der Waals surface area contributed by atoms with Crippen molar-refractivity contribution >= 4 is 35.5 Å². The molecule has 0 aliphatic carbocycles. The standard InChI is InChI=1S/C7H15NO2S.C6H13NO2S.CH4O/c1-8(2)6(5-11-4)7(9)10-3;1-7(2)5(4-10-3)6(8)9;1-2/h6H,5H2,1-4H3;5H,4H2,1-3H3,(H,8,9);2H,1H3. The smallest absolute Gasteiger partial charge is 0.323 e. The third-order valence-electron chi connectivity index (χ3n) is 2.65. The number of carbonyl (C=O) groups excluding carboxylic acids is 1. The summed E-state index contributed by atoms with van der Waals surface area (Å²) >= 11 is 3.18.